The number of halogens is 1. The Morgan fingerprint density at radius 3 is 1.53 bits per heavy atom. The normalized spacial score (nSPS) is 10.2. The topological polar surface area (TPSA) is 3.24 Å². The molecule has 0 radical (unpaired) electrons. The fraction of sp³-hybridized carbons (Fsp3) is 0.882. The summed E-state index contributed by atoms with van der Waals surface area (Å²) < 4.78 is 1.33. The number of unbranched alkanes of at least 4 members (excludes halogenated alkanes) is 7. The Morgan fingerprint density at radius 2 is 1.21 bits per heavy atom. The van der Waals surface area contributed by atoms with E-state index in [-0.39, 0.29) is 0 Å². The Balaban J connectivity index is 0. The molecule has 0 atom stereocenters. The van der Waals surface area contributed by atoms with Crippen LogP contribution in [0.4, 0.5) is 0 Å². The van der Waals surface area contributed by atoms with Crippen LogP contribution in [0.3, 0.4) is 0 Å². The molecule has 0 aromatic rings. The van der Waals surface area contributed by atoms with Gasteiger partial charge in [0.05, 0.1) is 0 Å². The van der Waals surface area contributed by atoms with Crippen LogP contribution in [0.5, 0.6) is 0 Å². The SMILES string of the molecule is C=CCCCCCCCCCI.CCN(CC)CC. The van der Waals surface area contributed by atoms with Gasteiger partial charge in [-0.25, -0.2) is 0 Å². The van der Waals surface area contributed by atoms with Crippen LogP contribution in [0, 0.1) is 0 Å². The Labute approximate surface area is 136 Å². The zero-order valence-corrected chi connectivity index (χ0v) is 15.8. The lowest BCUT2D eigenvalue weighted by atomic mass is 10.1. The maximum absolute atomic E-state index is 3.72. The van der Waals surface area contributed by atoms with Crippen molar-refractivity contribution in [3.8, 4) is 0 Å². The molecule has 0 aliphatic rings. The van der Waals surface area contributed by atoms with E-state index in [1.807, 2.05) is 6.08 Å². The van der Waals surface area contributed by atoms with Crippen LogP contribution in [0.2, 0.25) is 0 Å². The second-order valence-corrected chi connectivity index (χ2v) is 5.94. The molecule has 0 aliphatic carbocycles. The number of allylic oxidation sites excluding steroid dienone is 1. The molecule has 0 heterocycles. The lowest BCUT2D eigenvalue weighted by Gasteiger charge is -2.13. The fourth-order valence-corrected chi connectivity index (χ4v) is 2.48. The summed E-state index contributed by atoms with van der Waals surface area (Å²) in [5.41, 5.74) is 0. The lowest BCUT2D eigenvalue weighted by molar-refractivity contribution is 0.321. The molecule has 0 rings (SSSR count). The van der Waals surface area contributed by atoms with Crippen LogP contribution in [0.1, 0.15) is 72.1 Å². The second kappa shape index (κ2) is 20.7. The summed E-state index contributed by atoms with van der Waals surface area (Å²) in [7, 11) is 0. The molecule has 0 aromatic heterocycles. The molecular formula is C17H36IN. The first-order valence-corrected chi connectivity index (χ1v) is 9.68. The fourth-order valence-electron chi connectivity index (χ4n) is 1.94. The van der Waals surface area contributed by atoms with Gasteiger partial charge in [-0.2, -0.15) is 0 Å². The average Bonchev–Trinajstić information content (AvgIpc) is 2.44. The van der Waals surface area contributed by atoms with Gasteiger partial charge in [-0.15, -0.1) is 6.58 Å². The van der Waals surface area contributed by atoms with Crippen LogP contribution < -0.4 is 0 Å². The Hall–Kier alpha value is 0.430. The van der Waals surface area contributed by atoms with E-state index < -0.39 is 0 Å². The van der Waals surface area contributed by atoms with Gasteiger partial charge in [-0.1, -0.05) is 81.5 Å². The zero-order valence-electron chi connectivity index (χ0n) is 13.6. The third kappa shape index (κ3) is 20.9. The van der Waals surface area contributed by atoms with Crippen LogP contribution >= 0.6 is 22.6 Å². The van der Waals surface area contributed by atoms with Gasteiger partial charge in [0.15, 0.2) is 0 Å². The summed E-state index contributed by atoms with van der Waals surface area (Å²) in [4.78, 5) is 2.38. The van der Waals surface area contributed by atoms with Crippen molar-refractivity contribution in [2.24, 2.45) is 0 Å². The third-order valence-electron chi connectivity index (χ3n) is 3.38. The van der Waals surface area contributed by atoms with Gasteiger partial charge >= 0.3 is 0 Å². The summed E-state index contributed by atoms with van der Waals surface area (Å²) in [5, 5.41) is 0. The summed E-state index contributed by atoms with van der Waals surface area (Å²) in [6, 6.07) is 0. The molecule has 0 saturated carbocycles. The smallest absolute Gasteiger partial charge is 0.000473 e. The maximum Gasteiger partial charge on any atom is -0.000473 e. The molecule has 0 aromatic carbocycles. The molecule has 2 heteroatoms. The lowest BCUT2D eigenvalue weighted by Crippen LogP contribution is -2.21. The highest BCUT2D eigenvalue weighted by Gasteiger charge is 1.90. The standard InChI is InChI=1S/C11H21I.C6H15N/c1-2-3-4-5-6-7-8-9-10-11-12;1-4-7(5-2)6-3/h2H,1,3-11H2;4-6H2,1-3H3. The first-order valence-electron chi connectivity index (χ1n) is 8.15. The number of rotatable bonds is 12. The van der Waals surface area contributed by atoms with Crippen molar-refractivity contribution in [2.75, 3.05) is 24.1 Å². The minimum atomic E-state index is 1.19. The molecule has 19 heavy (non-hydrogen) atoms. The van der Waals surface area contributed by atoms with E-state index in [9.17, 15) is 0 Å². The van der Waals surface area contributed by atoms with Crippen molar-refractivity contribution in [3.63, 3.8) is 0 Å². The number of hydrogen-bond acceptors (Lipinski definition) is 1. The zero-order chi connectivity index (χ0) is 14.8. The van der Waals surface area contributed by atoms with Gasteiger partial charge in [0.25, 0.3) is 0 Å². The summed E-state index contributed by atoms with van der Waals surface area (Å²) in [5.74, 6) is 0. The van der Waals surface area contributed by atoms with Gasteiger partial charge in [-0.3, -0.25) is 0 Å². The molecule has 1 nitrogen and oxygen atoms in total. The Morgan fingerprint density at radius 1 is 0.789 bits per heavy atom. The molecule has 0 N–H and O–H groups in total. The highest BCUT2D eigenvalue weighted by Crippen LogP contribution is 2.09. The molecule has 0 amide bonds. The number of nitrogens with zero attached hydrogens (tertiary/aromatic N) is 1. The van der Waals surface area contributed by atoms with E-state index >= 15 is 0 Å². The van der Waals surface area contributed by atoms with E-state index in [2.05, 4.69) is 54.8 Å². The summed E-state index contributed by atoms with van der Waals surface area (Å²) in [6.45, 7) is 13.8. The minimum Gasteiger partial charge on any atom is -0.304 e. The van der Waals surface area contributed by atoms with Crippen LogP contribution in [-0.2, 0) is 0 Å². The van der Waals surface area contributed by atoms with Crippen molar-refractivity contribution >= 4 is 22.6 Å². The number of alkyl halides is 1. The van der Waals surface area contributed by atoms with Crippen LogP contribution in [0.15, 0.2) is 12.7 Å². The van der Waals surface area contributed by atoms with E-state index in [0.717, 1.165) is 0 Å². The molecular weight excluding hydrogens is 345 g/mol. The first-order chi connectivity index (χ1) is 9.26. The van der Waals surface area contributed by atoms with Gasteiger partial charge in [-0.05, 0) is 43.3 Å². The largest absolute Gasteiger partial charge is 0.304 e. The quantitative estimate of drug-likeness (QED) is 0.171. The van der Waals surface area contributed by atoms with Crippen molar-refractivity contribution in [1.29, 1.82) is 0 Å². The Bertz CT molecular complexity index is 150. The highest BCUT2D eigenvalue weighted by atomic mass is 127. The van der Waals surface area contributed by atoms with E-state index in [1.165, 1.54) is 75.4 Å². The van der Waals surface area contributed by atoms with Crippen molar-refractivity contribution in [3.05, 3.63) is 12.7 Å². The van der Waals surface area contributed by atoms with E-state index in [0.29, 0.717) is 0 Å². The first kappa shape index (κ1) is 21.7. The maximum atomic E-state index is 3.72. The van der Waals surface area contributed by atoms with Gasteiger partial charge in [0.1, 0.15) is 0 Å². The predicted octanol–water partition coefficient (Wildman–Crippen LogP) is 6.08. The number of hydrogen-bond donors (Lipinski definition) is 0. The molecule has 116 valence electrons. The molecule has 0 fully saturated rings. The van der Waals surface area contributed by atoms with Gasteiger partial charge in [0, 0.05) is 0 Å². The van der Waals surface area contributed by atoms with Crippen LogP contribution in [-0.4, -0.2) is 29.0 Å². The van der Waals surface area contributed by atoms with Crippen LogP contribution in [0.25, 0.3) is 0 Å². The second-order valence-electron chi connectivity index (χ2n) is 4.86. The molecule has 0 spiro atoms. The van der Waals surface area contributed by atoms with Gasteiger partial charge in [0.2, 0.25) is 0 Å². The van der Waals surface area contributed by atoms with Crippen molar-refractivity contribution < 1.29 is 0 Å². The summed E-state index contributed by atoms with van der Waals surface area (Å²) >= 11 is 2.46. The van der Waals surface area contributed by atoms with Crippen molar-refractivity contribution in [2.45, 2.75) is 72.1 Å². The average molecular weight is 381 g/mol. The molecule has 0 saturated heterocycles. The van der Waals surface area contributed by atoms with Crippen molar-refractivity contribution in [1.82, 2.24) is 4.90 Å². The molecule has 0 bridgehead atoms. The summed E-state index contributed by atoms with van der Waals surface area (Å²) in [6.07, 6.45) is 13.1. The monoisotopic (exact) mass is 381 g/mol. The van der Waals surface area contributed by atoms with Gasteiger partial charge < -0.3 is 4.90 Å². The molecule has 0 unspecified atom stereocenters. The third-order valence-corrected chi connectivity index (χ3v) is 4.15. The molecule has 0 aliphatic heterocycles. The highest BCUT2D eigenvalue weighted by molar-refractivity contribution is 14.1. The van der Waals surface area contributed by atoms with E-state index in [4.69, 9.17) is 0 Å². The predicted molar refractivity (Wildman–Crippen MR) is 99.5 cm³/mol. The Kier molecular flexibility index (Phi) is 23.7. The minimum absolute atomic E-state index is 1.19. The van der Waals surface area contributed by atoms with E-state index in [1.54, 1.807) is 0 Å².